The van der Waals surface area contributed by atoms with Crippen molar-refractivity contribution in [2.24, 2.45) is 5.73 Å². The van der Waals surface area contributed by atoms with Gasteiger partial charge in [0.25, 0.3) is 0 Å². The first-order valence-corrected chi connectivity index (χ1v) is 7.41. The molecule has 1 heterocycles. The maximum Gasteiger partial charge on any atom is 0.237 e. The topological polar surface area (TPSA) is 64.9 Å². The van der Waals surface area contributed by atoms with Crippen LogP contribution in [0.4, 0.5) is 0 Å². The molecule has 1 unspecified atom stereocenters. The second kappa shape index (κ2) is 6.54. The Bertz CT molecular complexity index is 720. The molecule has 0 fully saturated rings. The molecular weight excluding hydrogens is 274 g/mol. The maximum absolute atomic E-state index is 6.16. The zero-order valence-electron chi connectivity index (χ0n) is 12.6. The van der Waals surface area contributed by atoms with Crippen LogP contribution in [0.5, 0.6) is 0 Å². The molecule has 0 amide bonds. The van der Waals surface area contributed by atoms with Gasteiger partial charge in [0.2, 0.25) is 11.8 Å². The average Bonchev–Trinajstić information content (AvgIpc) is 3.03. The summed E-state index contributed by atoms with van der Waals surface area (Å²) in [7, 11) is 0. The molecule has 0 aliphatic rings. The van der Waals surface area contributed by atoms with Crippen molar-refractivity contribution in [3.8, 4) is 0 Å². The summed E-state index contributed by atoms with van der Waals surface area (Å²) in [5, 5.41) is 8.18. The van der Waals surface area contributed by atoms with Crippen LogP contribution in [-0.2, 0) is 12.8 Å². The first-order valence-electron chi connectivity index (χ1n) is 7.41. The molecule has 1 atom stereocenters. The van der Waals surface area contributed by atoms with Gasteiger partial charge in [-0.1, -0.05) is 60.2 Å². The standard InChI is InChI=1S/C18H19N3O/c1-13-7-9-14(10-8-13)11-12-16-20-21-18(22-16)17(19)15-5-3-2-4-6-15/h2-10,17H,11-12,19H2,1H3. The molecule has 0 aliphatic carbocycles. The Kier molecular flexibility index (Phi) is 4.30. The van der Waals surface area contributed by atoms with Gasteiger partial charge in [0, 0.05) is 6.42 Å². The van der Waals surface area contributed by atoms with E-state index >= 15 is 0 Å². The van der Waals surface area contributed by atoms with Gasteiger partial charge in [-0.25, -0.2) is 0 Å². The highest BCUT2D eigenvalue weighted by Gasteiger charge is 2.16. The Morgan fingerprint density at radius 2 is 1.68 bits per heavy atom. The van der Waals surface area contributed by atoms with Crippen molar-refractivity contribution in [2.45, 2.75) is 25.8 Å². The van der Waals surface area contributed by atoms with Crippen LogP contribution in [0.15, 0.2) is 59.0 Å². The molecule has 2 N–H and O–H groups in total. The van der Waals surface area contributed by atoms with E-state index in [1.165, 1.54) is 11.1 Å². The summed E-state index contributed by atoms with van der Waals surface area (Å²) in [6, 6.07) is 17.9. The van der Waals surface area contributed by atoms with Crippen LogP contribution in [0.2, 0.25) is 0 Å². The molecule has 0 bridgehead atoms. The molecule has 0 radical (unpaired) electrons. The summed E-state index contributed by atoms with van der Waals surface area (Å²) in [6.07, 6.45) is 1.60. The third-order valence-corrected chi connectivity index (χ3v) is 3.66. The normalized spacial score (nSPS) is 12.3. The van der Waals surface area contributed by atoms with E-state index in [4.69, 9.17) is 10.2 Å². The molecule has 2 aromatic carbocycles. The fourth-order valence-electron chi connectivity index (χ4n) is 2.30. The summed E-state index contributed by atoms with van der Waals surface area (Å²) in [5.74, 6) is 1.09. The lowest BCUT2D eigenvalue weighted by Gasteiger charge is -2.06. The predicted octanol–water partition coefficient (Wildman–Crippen LogP) is 3.21. The van der Waals surface area contributed by atoms with E-state index in [1.807, 2.05) is 30.3 Å². The number of hydrogen-bond donors (Lipinski definition) is 1. The van der Waals surface area contributed by atoms with Gasteiger partial charge in [-0.3, -0.25) is 0 Å². The Labute approximate surface area is 130 Å². The van der Waals surface area contributed by atoms with Crippen molar-refractivity contribution in [1.82, 2.24) is 10.2 Å². The Hall–Kier alpha value is -2.46. The van der Waals surface area contributed by atoms with Gasteiger partial charge in [0.1, 0.15) is 6.04 Å². The molecule has 22 heavy (non-hydrogen) atoms. The Morgan fingerprint density at radius 3 is 2.41 bits per heavy atom. The summed E-state index contributed by atoms with van der Waals surface area (Å²) >= 11 is 0. The highest BCUT2D eigenvalue weighted by Crippen LogP contribution is 2.18. The van der Waals surface area contributed by atoms with E-state index < -0.39 is 0 Å². The molecule has 0 saturated heterocycles. The number of rotatable bonds is 5. The Morgan fingerprint density at radius 1 is 0.955 bits per heavy atom. The third-order valence-electron chi connectivity index (χ3n) is 3.66. The quantitative estimate of drug-likeness (QED) is 0.784. The van der Waals surface area contributed by atoms with E-state index in [9.17, 15) is 0 Å². The number of aromatic nitrogens is 2. The average molecular weight is 293 g/mol. The molecular formula is C18H19N3O. The zero-order valence-corrected chi connectivity index (χ0v) is 12.6. The minimum Gasteiger partial charge on any atom is -0.423 e. The molecule has 0 aliphatic heterocycles. The first kappa shape index (κ1) is 14.5. The molecule has 0 spiro atoms. The van der Waals surface area contributed by atoms with Crippen molar-refractivity contribution < 1.29 is 4.42 Å². The van der Waals surface area contributed by atoms with Crippen molar-refractivity contribution >= 4 is 0 Å². The van der Waals surface area contributed by atoms with E-state index in [1.54, 1.807) is 0 Å². The van der Waals surface area contributed by atoms with Crippen molar-refractivity contribution in [2.75, 3.05) is 0 Å². The molecule has 0 saturated carbocycles. The van der Waals surface area contributed by atoms with E-state index in [0.717, 1.165) is 18.4 Å². The third kappa shape index (κ3) is 3.40. The van der Waals surface area contributed by atoms with Gasteiger partial charge in [0.05, 0.1) is 0 Å². The van der Waals surface area contributed by atoms with Gasteiger partial charge < -0.3 is 10.2 Å². The van der Waals surface area contributed by atoms with Crippen LogP contribution >= 0.6 is 0 Å². The van der Waals surface area contributed by atoms with Gasteiger partial charge in [-0.05, 0) is 24.5 Å². The smallest absolute Gasteiger partial charge is 0.237 e. The second-order valence-electron chi connectivity index (χ2n) is 5.41. The molecule has 112 valence electrons. The molecule has 4 heteroatoms. The van der Waals surface area contributed by atoms with Gasteiger partial charge in [0.15, 0.2) is 0 Å². The van der Waals surface area contributed by atoms with Crippen LogP contribution in [-0.4, -0.2) is 10.2 Å². The SMILES string of the molecule is Cc1ccc(CCc2nnc(C(N)c3ccccc3)o2)cc1. The maximum atomic E-state index is 6.16. The fourth-order valence-corrected chi connectivity index (χ4v) is 2.30. The predicted molar refractivity (Wildman–Crippen MR) is 85.4 cm³/mol. The number of aryl methyl sites for hydroxylation is 3. The minimum atomic E-state index is -0.373. The summed E-state index contributed by atoms with van der Waals surface area (Å²) in [5.41, 5.74) is 9.65. The van der Waals surface area contributed by atoms with Crippen LogP contribution < -0.4 is 5.73 Å². The lowest BCUT2D eigenvalue weighted by atomic mass is 10.1. The largest absolute Gasteiger partial charge is 0.423 e. The minimum absolute atomic E-state index is 0.373. The first-order chi connectivity index (χ1) is 10.7. The summed E-state index contributed by atoms with van der Waals surface area (Å²) in [6.45, 7) is 2.08. The number of nitrogens with two attached hydrogens (primary N) is 1. The van der Waals surface area contributed by atoms with Crippen LogP contribution in [0.1, 0.15) is 34.5 Å². The van der Waals surface area contributed by atoms with Crippen LogP contribution in [0.3, 0.4) is 0 Å². The summed E-state index contributed by atoms with van der Waals surface area (Å²) < 4.78 is 5.70. The van der Waals surface area contributed by atoms with E-state index in [0.29, 0.717) is 11.8 Å². The van der Waals surface area contributed by atoms with Crippen molar-refractivity contribution in [3.05, 3.63) is 83.1 Å². The molecule has 3 rings (SSSR count). The van der Waals surface area contributed by atoms with Crippen molar-refractivity contribution in [3.63, 3.8) is 0 Å². The monoisotopic (exact) mass is 293 g/mol. The molecule has 1 aromatic heterocycles. The van der Waals surface area contributed by atoms with Crippen LogP contribution in [0, 0.1) is 6.92 Å². The Balaban J connectivity index is 1.65. The zero-order chi connectivity index (χ0) is 15.4. The van der Waals surface area contributed by atoms with Gasteiger partial charge in [-0.2, -0.15) is 0 Å². The summed E-state index contributed by atoms with van der Waals surface area (Å²) in [4.78, 5) is 0. The van der Waals surface area contributed by atoms with Gasteiger partial charge in [-0.15, -0.1) is 10.2 Å². The highest BCUT2D eigenvalue weighted by atomic mass is 16.4. The number of hydrogen-bond acceptors (Lipinski definition) is 4. The van der Waals surface area contributed by atoms with E-state index in [-0.39, 0.29) is 6.04 Å². The second-order valence-corrected chi connectivity index (χ2v) is 5.41. The highest BCUT2D eigenvalue weighted by molar-refractivity contribution is 5.23. The number of benzene rings is 2. The van der Waals surface area contributed by atoms with E-state index in [2.05, 4.69) is 41.4 Å². The van der Waals surface area contributed by atoms with Crippen molar-refractivity contribution in [1.29, 1.82) is 0 Å². The number of nitrogens with zero attached hydrogens (tertiary/aromatic N) is 2. The lowest BCUT2D eigenvalue weighted by molar-refractivity contribution is 0.434. The van der Waals surface area contributed by atoms with Crippen LogP contribution in [0.25, 0.3) is 0 Å². The molecule has 4 nitrogen and oxygen atoms in total. The lowest BCUT2D eigenvalue weighted by Crippen LogP contribution is -2.11. The molecule has 3 aromatic rings. The van der Waals surface area contributed by atoms with Gasteiger partial charge >= 0.3 is 0 Å². The fraction of sp³-hybridized carbons (Fsp3) is 0.222.